The minimum absolute atomic E-state index is 0.675. The third-order valence-corrected chi connectivity index (χ3v) is 3.94. The second-order valence-electron chi connectivity index (χ2n) is 5.35. The summed E-state index contributed by atoms with van der Waals surface area (Å²) in [5, 5.41) is 10.9. The normalized spacial score (nSPS) is 21.9. The van der Waals surface area contributed by atoms with Gasteiger partial charge in [-0.15, -0.1) is 0 Å². The molecule has 1 nitrogen and oxygen atoms in total. The Bertz CT molecular complexity index is 556. The Morgan fingerprint density at radius 1 is 1.06 bits per heavy atom. The van der Waals surface area contributed by atoms with Gasteiger partial charge in [-0.2, -0.15) is 0 Å². The van der Waals surface area contributed by atoms with Crippen molar-refractivity contribution in [2.45, 2.75) is 31.8 Å². The number of benzene rings is 2. The van der Waals surface area contributed by atoms with E-state index in [1.807, 2.05) is 6.07 Å². The maximum Gasteiger partial charge on any atom is 0.0942 e. The lowest BCUT2D eigenvalue weighted by Gasteiger charge is -2.24. The van der Waals surface area contributed by atoms with Crippen LogP contribution in [0.5, 0.6) is 0 Å². The maximum atomic E-state index is 10.9. The van der Waals surface area contributed by atoms with E-state index in [-0.39, 0.29) is 0 Å². The van der Waals surface area contributed by atoms with Crippen LogP contribution in [-0.4, -0.2) is 5.11 Å². The van der Waals surface area contributed by atoms with Gasteiger partial charge in [0.05, 0.1) is 5.60 Å². The summed E-state index contributed by atoms with van der Waals surface area (Å²) in [6.07, 6.45) is 2.53. The van der Waals surface area contributed by atoms with E-state index in [0.717, 1.165) is 18.4 Å². The molecule has 1 aliphatic rings. The zero-order chi connectivity index (χ0) is 12.6. The van der Waals surface area contributed by atoms with Crippen molar-refractivity contribution in [3.8, 4) is 0 Å². The zero-order valence-corrected chi connectivity index (χ0v) is 10.7. The third kappa shape index (κ3) is 1.95. The number of hydrogen-bond acceptors (Lipinski definition) is 1. The molecule has 1 atom stereocenters. The van der Waals surface area contributed by atoms with Crippen molar-refractivity contribution in [3.05, 3.63) is 70.8 Å². The quantitative estimate of drug-likeness (QED) is 0.850. The number of aliphatic hydroxyl groups is 1. The molecule has 0 saturated carbocycles. The highest BCUT2D eigenvalue weighted by molar-refractivity contribution is 5.38. The van der Waals surface area contributed by atoms with E-state index >= 15 is 0 Å². The SMILES string of the molecule is Cc1ccc(CC2(O)CCc3ccccc32)cc1. The summed E-state index contributed by atoms with van der Waals surface area (Å²) < 4.78 is 0. The van der Waals surface area contributed by atoms with Gasteiger partial charge >= 0.3 is 0 Å². The molecule has 1 heteroatoms. The van der Waals surface area contributed by atoms with Crippen molar-refractivity contribution in [1.82, 2.24) is 0 Å². The molecule has 92 valence electrons. The van der Waals surface area contributed by atoms with Crippen molar-refractivity contribution < 1.29 is 5.11 Å². The molecule has 1 N–H and O–H groups in total. The van der Waals surface area contributed by atoms with Gasteiger partial charge in [0.1, 0.15) is 0 Å². The van der Waals surface area contributed by atoms with Gasteiger partial charge in [-0.1, -0.05) is 54.1 Å². The van der Waals surface area contributed by atoms with Crippen LogP contribution in [-0.2, 0) is 18.4 Å². The standard InChI is InChI=1S/C17H18O/c1-13-6-8-14(9-7-13)12-17(18)11-10-15-4-2-3-5-16(15)17/h2-9,18H,10-12H2,1H3. The van der Waals surface area contributed by atoms with Crippen LogP contribution in [0.15, 0.2) is 48.5 Å². The van der Waals surface area contributed by atoms with Crippen LogP contribution in [0.2, 0.25) is 0 Å². The molecule has 0 bridgehead atoms. The Morgan fingerprint density at radius 3 is 2.56 bits per heavy atom. The molecule has 0 saturated heterocycles. The van der Waals surface area contributed by atoms with Gasteiger partial charge in [-0.25, -0.2) is 0 Å². The smallest absolute Gasteiger partial charge is 0.0942 e. The average molecular weight is 238 g/mol. The average Bonchev–Trinajstić information content (AvgIpc) is 2.71. The highest BCUT2D eigenvalue weighted by Gasteiger charge is 2.36. The molecular weight excluding hydrogens is 220 g/mol. The highest BCUT2D eigenvalue weighted by atomic mass is 16.3. The molecule has 1 unspecified atom stereocenters. The second kappa shape index (κ2) is 4.25. The fourth-order valence-electron chi connectivity index (χ4n) is 2.90. The lowest BCUT2D eigenvalue weighted by molar-refractivity contribution is 0.0389. The van der Waals surface area contributed by atoms with Crippen LogP contribution < -0.4 is 0 Å². The predicted molar refractivity (Wildman–Crippen MR) is 73.5 cm³/mol. The zero-order valence-electron chi connectivity index (χ0n) is 10.7. The van der Waals surface area contributed by atoms with Crippen molar-refractivity contribution in [2.75, 3.05) is 0 Å². The maximum absolute atomic E-state index is 10.9. The van der Waals surface area contributed by atoms with Crippen LogP contribution in [0, 0.1) is 6.92 Å². The number of aryl methyl sites for hydroxylation is 2. The molecule has 0 aliphatic heterocycles. The second-order valence-corrected chi connectivity index (χ2v) is 5.35. The van der Waals surface area contributed by atoms with Crippen molar-refractivity contribution >= 4 is 0 Å². The van der Waals surface area contributed by atoms with Crippen molar-refractivity contribution in [2.24, 2.45) is 0 Å². The summed E-state index contributed by atoms with van der Waals surface area (Å²) in [5.74, 6) is 0. The first kappa shape index (κ1) is 11.5. The van der Waals surface area contributed by atoms with E-state index in [0.29, 0.717) is 6.42 Å². The lowest BCUT2D eigenvalue weighted by atomic mass is 9.88. The molecule has 0 amide bonds. The van der Waals surface area contributed by atoms with Gasteiger partial charge in [0.15, 0.2) is 0 Å². The van der Waals surface area contributed by atoms with Crippen LogP contribution in [0.25, 0.3) is 0 Å². The topological polar surface area (TPSA) is 20.2 Å². The lowest BCUT2D eigenvalue weighted by Crippen LogP contribution is -2.25. The monoisotopic (exact) mass is 238 g/mol. The van der Waals surface area contributed by atoms with Crippen LogP contribution in [0.4, 0.5) is 0 Å². The van der Waals surface area contributed by atoms with E-state index in [1.165, 1.54) is 16.7 Å². The number of hydrogen-bond donors (Lipinski definition) is 1. The Hall–Kier alpha value is -1.60. The van der Waals surface area contributed by atoms with Crippen molar-refractivity contribution in [3.63, 3.8) is 0 Å². The third-order valence-electron chi connectivity index (χ3n) is 3.94. The molecule has 2 aromatic rings. The minimum Gasteiger partial charge on any atom is -0.385 e. The minimum atomic E-state index is -0.675. The van der Waals surface area contributed by atoms with Gasteiger partial charge in [0.25, 0.3) is 0 Å². The molecule has 1 aliphatic carbocycles. The first-order chi connectivity index (χ1) is 8.67. The van der Waals surface area contributed by atoms with E-state index in [1.54, 1.807) is 0 Å². The Labute approximate surface area is 108 Å². The summed E-state index contributed by atoms with van der Waals surface area (Å²) in [5.41, 5.74) is 4.21. The summed E-state index contributed by atoms with van der Waals surface area (Å²) in [7, 11) is 0. The Morgan fingerprint density at radius 2 is 1.78 bits per heavy atom. The van der Waals surface area contributed by atoms with Crippen LogP contribution in [0.1, 0.15) is 28.7 Å². The van der Waals surface area contributed by atoms with Crippen molar-refractivity contribution in [1.29, 1.82) is 0 Å². The van der Waals surface area contributed by atoms with Gasteiger partial charge in [-0.05, 0) is 36.5 Å². The molecule has 0 radical (unpaired) electrons. The molecule has 2 aromatic carbocycles. The highest BCUT2D eigenvalue weighted by Crippen LogP contribution is 2.39. The summed E-state index contributed by atoms with van der Waals surface area (Å²) >= 11 is 0. The van der Waals surface area contributed by atoms with E-state index < -0.39 is 5.60 Å². The van der Waals surface area contributed by atoms with E-state index in [4.69, 9.17) is 0 Å². The summed E-state index contributed by atoms with van der Waals surface area (Å²) in [4.78, 5) is 0. The first-order valence-electron chi connectivity index (χ1n) is 6.54. The molecule has 0 spiro atoms. The van der Waals surface area contributed by atoms with Gasteiger partial charge in [0.2, 0.25) is 0 Å². The molecule has 0 heterocycles. The summed E-state index contributed by atoms with van der Waals surface area (Å²) in [6, 6.07) is 16.7. The van der Waals surface area contributed by atoms with Crippen LogP contribution in [0.3, 0.4) is 0 Å². The van der Waals surface area contributed by atoms with E-state index in [9.17, 15) is 5.11 Å². The Kier molecular flexibility index (Phi) is 2.71. The number of fused-ring (bicyclic) bond motifs is 1. The molecule has 18 heavy (non-hydrogen) atoms. The van der Waals surface area contributed by atoms with Gasteiger partial charge in [0, 0.05) is 6.42 Å². The molecule has 0 fully saturated rings. The fourth-order valence-corrected chi connectivity index (χ4v) is 2.90. The van der Waals surface area contributed by atoms with E-state index in [2.05, 4.69) is 49.4 Å². The van der Waals surface area contributed by atoms with Gasteiger partial charge in [-0.3, -0.25) is 0 Å². The Balaban J connectivity index is 1.91. The molecule has 3 rings (SSSR count). The first-order valence-corrected chi connectivity index (χ1v) is 6.54. The molecule has 0 aromatic heterocycles. The largest absolute Gasteiger partial charge is 0.385 e. The van der Waals surface area contributed by atoms with Crippen LogP contribution >= 0.6 is 0 Å². The molecular formula is C17H18O. The summed E-state index contributed by atoms with van der Waals surface area (Å²) in [6.45, 7) is 2.09. The van der Waals surface area contributed by atoms with Gasteiger partial charge < -0.3 is 5.11 Å². The fraction of sp³-hybridized carbons (Fsp3) is 0.294. The predicted octanol–water partition coefficient (Wildman–Crippen LogP) is 3.37. The number of rotatable bonds is 2.